The van der Waals surface area contributed by atoms with Crippen LogP contribution in [0.2, 0.25) is 0 Å². The Balaban J connectivity index is 2.08. The number of anilines is 1. The van der Waals surface area contributed by atoms with E-state index in [1.54, 1.807) is 0 Å². The maximum Gasteiger partial charge on any atom is 0.211 e. The number of aryl methyl sites for hydroxylation is 1. The summed E-state index contributed by atoms with van der Waals surface area (Å²) < 4.78 is 5.81. The van der Waals surface area contributed by atoms with Crippen LogP contribution >= 0.6 is 0 Å². The highest BCUT2D eigenvalue weighted by Gasteiger charge is 2.05. The Kier molecular flexibility index (Phi) is 5.83. The van der Waals surface area contributed by atoms with Crippen LogP contribution in [-0.2, 0) is 17.8 Å². The van der Waals surface area contributed by atoms with Crippen LogP contribution in [-0.4, -0.2) is 6.41 Å². The summed E-state index contributed by atoms with van der Waals surface area (Å²) >= 11 is 0. The highest BCUT2D eigenvalue weighted by molar-refractivity contribution is 5.75. The van der Waals surface area contributed by atoms with E-state index in [0.717, 1.165) is 30.5 Å². The third-order valence-corrected chi connectivity index (χ3v) is 3.31. The number of hydrogen-bond donors (Lipinski definition) is 1. The van der Waals surface area contributed by atoms with Gasteiger partial charge in [-0.15, -0.1) is 0 Å². The first-order valence-electron chi connectivity index (χ1n) is 7.33. The molecule has 0 radical (unpaired) electrons. The summed E-state index contributed by atoms with van der Waals surface area (Å²) in [4.78, 5) is 10.8. The quantitative estimate of drug-likeness (QED) is 0.738. The average molecular weight is 283 g/mol. The Morgan fingerprint density at radius 3 is 2.62 bits per heavy atom. The molecule has 3 heteroatoms. The summed E-state index contributed by atoms with van der Waals surface area (Å²) in [6.07, 6.45) is 4.00. The average Bonchev–Trinajstić information content (AvgIpc) is 2.53. The van der Waals surface area contributed by atoms with E-state index in [2.05, 4.69) is 18.3 Å². The summed E-state index contributed by atoms with van der Waals surface area (Å²) in [5.41, 5.74) is 3.05. The van der Waals surface area contributed by atoms with Crippen LogP contribution in [0.25, 0.3) is 0 Å². The van der Waals surface area contributed by atoms with Crippen molar-refractivity contribution in [2.24, 2.45) is 0 Å². The van der Waals surface area contributed by atoms with Gasteiger partial charge in [-0.25, -0.2) is 0 Å². The Hall–Kier alpha value is -2.29. The van der Waals surface area contributed by atoms with Crippen LogP contribution in [0.3, 0.4) is 0 Å². The van der Waals surface area contributed by atoms with Crippen molar-refractivity contribution in [2.45, 2.75) is 32.8 Å². The Morgan fingerprint density at radius 2 is 1.90 bits per heavy atom. The molecule has 0 aliphatic heterocycles. The summed E-state index contributed by atoms with van der Waals surface area (Å²) in [5, 5.41) is 2.72. The smallest absolute Gasteiger partial charge is 0.211 e. The van der Waals surface area contributed by atoms with E-state index in [9.17, 15) is 4.79 Å². The molecule has 2 aromatic carbocycles. The van der Waals surface area contributed by atoms with Crippen molar-refractivity contribution >= 4 is 12.1 Å². The number of ether oxygens (including phenoxy) is 1. The molecule has 0 fully saturated rings. The summed E-state index contributed by atoms with van der Waals surface area (Å²) in [5.74, 6) is 0.700. The number of rotatable bonds is 8. The molecule has 1 amide bonds. The van der Waals surface area contributed by atoms with E-state index in [0.29, 0.717) is 18.8 Å². The molecule has 2 aromatic rings. The SMILES string of the molecule is CCCCc1ccc(OCc2ccccc2)c(NC=O)c1. The molecule has 0 aliphatic rings. The van der Waals surface area contributed by atoms with Crippen LogP contribution in [0.5, 0.6) is 5.75 Å². The molecule has 2 rings (SSSR count). The van der Waals surface area contributed by atoms with Crippen molar-refractivity contribution < 1.29 is 9.53 Å². The molecule has 0 heterocycles. The van der Waals surface area contributed by atoms with Gasteiger partial charge in [-0.05, 0) is 36.1 Å². The van der Waals surface area contributed by atoms with Gasteiger partial charge in [0.2, 0.25) is 6.41 Å². The zero-order valence-corrected chi connectivity index (χ0v) is 12.3. The van der Waals surface area contributed by atoms with Gasteiger partial charge in [-0.2, -0.15) is 0 Å². The molecule has 3 nitrogen and oxygen atoms in total. The standard InChI is InChI=1S/C18H21NO2/c1-2-3-7-15-10-11-18(17(12-15)19-14-20)21-13-16-8-5-4-6-9-16/h4-6,8-12,14H,2-3,7,13H2,1H3,(H,19,20). The Bertz CT molecular complexity index is 567. The van der Waals surface area contributed by atoms with Crippen LogP contribution in [0.1, 0.15) is 30.9 Å². The molecule has 0 atom stereocenters. The monoisotopic (exact) mass is 283 g/mol. The Labute approximate surface area is 126 Å². The zero-order valence-electron chi connectivity index (χ0n) is 12.3. The van der Waals surface area contributed by atoms with E-state index in [4.69, 9.17) is 4.74 Å². The first-order chi connectivity index (χ1) is 10.3. The number of benzene rings is 2. The zero-order chi connectivity index (χ0) is 14.9. The highest BCUT2D eigenvalue weighted by Crippen LogP contribution is 2.27. The molecule has 21 heavy (non-hydrogen) atoms. The number of nitrogens with one attached hydrogen (secondary N) is 1. The summed E-state index contributed by atoms with van der Waals surface area (Å²) in [7, 11) is 0. The third-order valence-electron chi connectivity index (χ3n) is 3.31. The van der Waals surface area contributed by atoms with Gasteiger partial charge in [-0.3, -0.25) is 4.79 Å². The van der Waals surface area contributed by atoms with E-state index in [1.807, 2.05) is 42.5 Å². The number of unbranched alkanes of at least 4 members (excludes halogenated alkanes) is 1. The lowest BCUT2D eigenvalue weighted by atomic mass is 10.1. The van der Waals surface area contributed by atoms with Crippen LogP contribution in [0, 0.1) is 0 Å². The fourth-order valence-electron chi connectivity index (χ4n) is 2.15. The lowest BCUT2D eigenvalue weighted by Gasteiger charge is -2.12. The predicted octanol–water partition coefficient (Wildman–Crippen LogP) is 4.18. The number of amides is 1. The van der Waals surface area contributed by atoms with Gasteiger partial charge in [0.15, 0.2) is 0 Å². The van der Waals surface area contributed by atoms with E-state index in [1.165, 1.54) is 5.56 Å². The summed E-state index contributed by atoms with van der Waals surface area (Å²) in [6, 6.07) is 16.0. The molecule has 0 saturated heterocycles. The minimum atomic E-state index is 0.489. The maximum absolute atomic E-state index is 10.8. The maximum atomic E-state index is 10.8. The van der Waals surface area contributed by atoms with Gasteiger partial charge in [0.05, 0.1) is 5.69 Å². The van der Waals surface area contributed by atoms with Crippen molar-refractivity contribution in [3.63, 3.8) is 0 Å². The van der Waals surface area contributed by atoms with Crippen molar-refractivity contribution in [1.29, 1.82) is 0 Å². The van der Waals surface area contributed by atoms with Gasteiger partial charge >= 0.3 is 0 Å². The third kappa shape index (κ3) is 4.63. The van der Waals surface area contributed by atoms with Gasteiger partial charge in [0, 0.05) is 0 Å². The lowest BCUT2D eigenvalue weighted by molar-refractivity contribution is -0.105. The molecule has 0 aliphatic carbocycles. The molecule has 0 unspecified atom stereocenters. The first-order valence-corrected chi connectivity index (χ1v) is 7.33. The van der Waals surface area contributed by atoms with Crippen LogP contribution in [0.15, 0.2) is 48.5 Å². The summed E-state index contributed by atoms with van der Waals surface area (Å²) in [6.45, 7) is 2.66. The molecule has 0 aromatic heterocycles. The topological polar surface area (TPSA) is 38.3 Å². The van der Waals surface area contributed by atoms with Gasteiger partial charge in [0.1, 0.15) is 12.4 Å². The van der Waals surface area contributed by atoms with Crippen molar-refractivity contribution in [2.75, 3.05) is 5.32 Å². The fourth-order valence-corrected chi connectivity index (χ4v) is 2.15. The number of carbonyl (C=O) groups excluding carboxylic acids is 1. The second-order valence-corrected chi connectivity index (χ2v) is 4.97. The highest BCUT2D eigenvalue weighted by atomic mass is 16.5. The largest absolute Gasteiger partial charge is 0.487 e. The van der Waals surface area contributed by atoms with E-state index < -0.39 is 0 Å². The van der Waals surface area contributed by atoms with E-state index >= 15 is 0 Å². The molecule has 110 valence electrons. The number of carbonyl (C=O) groups is 1. The molecule has 0 spiro atoms. The second-order valence-electron chi connectivity index (χ2n) is 4.97. The molecule has 0 bridgehead atoms. The van der Waals surface area contributed by atoms with Crippen molar-refractivity contribution in [1.82, 2.24) is 0 Å². The van der Waals surface area contributed by atoms with Gasteiger partial charge < -0.3 is 10.1 Å². The molecule has 0 saturated carbocycles. The number of hydrogen-bond acceptors (Lipinski definition) is 2. The van der Waals surface area contributed by atoms with E-state index in [-0.39, 0.29) is 0 Å². The molecular formula is C18H21NO2. The minimum Gasteiger partial charge on any atom is -0.487 e. The van der Waals surface area contributed by atoms with Crippen LogP contribution < -0.4 is 10.1 Å². The van der Waals surface area contributed by atoms with Gasteiger partial charge in [0.25, 0.3) is 0 Å². The molecular weight excluding hydrogens is 262 g/mol. The lowest BCUT2D eigenvalue weighted by Crippen LogP contribution is -2.02. The van der Waals surface area contributed by atoms with Crippen LogP contribution in [0.4, 0.5) is 5.69 Å². The fraction of sp³-hybridized carbons (Fsp3) is 0.278. The van der Waals surface area contributed by atoms with Crippen molar-refractivity contribution in [3.05, 3.63) is 59.7 Å². The van der Waals surface area contributed by atoms with Crippen molar-refractivity contribution in [3.8, 4) is 5.75 Å². The Morgan fingerprint density at radius 1 is 1.10 bits per heavy atom. The molecule has 1 N–H and O–H groups in total. The normalized spacial score (nSPS) is 10.1. The first kappa shape index (κ1) is 15.1. The van der Waals surface area contributed by atoms with Gasteiger partial charge in [-0.1, -0.05) is 49.7 Å². The second kappa shape index (κ2) is 8.10. The minimum absolute atomic E-state index is 0.489. The predicted molar refractivity (Wildman–Crippen MR) is 85.5 cm³/mol.